The molecule has 0 aliphatic carbocycles. The van der Waals surface area contributed by atoms with Crippen molar-refractivity contribution in [2.45, 2.75) is 13.3 Å². The second-order valence-corrected chi connectivity index (χ2v) is 4.73. The van der Waals surface area contributed by atoms with Gasteiger partial charge in [-0.3, -0.25) is 14.5 Å². The Labute approximate surface area is 117 Å². The maximum Gasteiger partial charge on any atom is 0.198 e. The Morgan fingerprint density at radius 3 is 2.80 bits per heavy atom. The van der Waals surface area contributed by atoms with Crippen molar-refractivity contribution in [2.75, 3.05) is 0 Å². The van der Waals surface area contributed by atoms with Gasteiger partial charge in [0.2, 0.25) is 0 Å². The summed E-state index contributed by atoms with van der Waals surface area (Å²) in [4.78, 5) is 17.1. The molecule has 0 unspecified atom stereocenters. The molecule has 0 atom stereocenters. The van der Waals surface area contributed by atoms with Gasteiger partial charge < -0.3 is 0 Å². The quantitative estimate of drug-likeness (QED) is 0.684. The minimum absolute atomic E-state index is 0.0146. The summed E-state index contributed by atoms with van der Waals surface area (Å²) in [5.41, 5.74) is 2.86. The summed E-state index contributed by atoms with van der Waals surface area (Å²) >= 11 is 0. The van der Waals surface area contributed by atoms with Crippen LogP contribution in [0.2, 0.25) is 0 Å². The first-order valence-corrected chi connectivity index (χ1v) is 6.61. The first-order chi connectivity index (χ1) is 9.70. The third-order valence-corrected chi connectivity index (χ3v) is 3.36. The van der Waals surface area contributed by atoms with Crippen LogP contribution in [0.25, 0.3) is 10.9 Å². The van der Waals surface area contributed by atoms with Crippen molar-refractivity contribution in [1.82, 2.24) is 14.8 Å². The zero-order valence-electron chi connectivity index (χ0n) is 11.5. The Bertz CT molecular complexity index is 784. The Balaban J connectivity index is 2.17. The number of benzene rings is 1. The number of ketones is 1. The zero-order chi connectivity index (χ0) is 14.1. The van der Waals surface area contributed by atoms with E-state index in [9.17, 15) is 4.79 Å². The van der Waals surface area contributed by atoms with E-state index in [0.29, 0.717) is 11.1 Å². The van der Waals surface area contributed by atoms with Gasteiger partial charge in [-0.25, -0.2) is 0 Å². The summed E-state index contributed by atoms with van der Waals surface area (Å²) in [6, 6.07) is 9.51. The average molecular weight is 265 g/mol. The molecule has 0 saturated carbocycles. The van der Waals surface area contributed by atoms with Gasteiger partial charge >= 0.3 is 0 Å². The number of aryl methyl sites for hydroxylation is 2. The van der Waals surface area contributed by atoms with E-state index in [2.05, 4.69) is 10.1 Å². The molecule has 0 aliphatic rings. The Hall–Kier alpha value is -2.49. The fourth-order valence-electron chi connectivity index (χ4n) is 2.42. The SMILES string of the molecule is CCc1nn(C)cc1C(=O)c1cccc2cccnc12. The van der Waals surface area contributed by atoms with Gasteiger partial charge in [-0.05, 0) is 18.6 Å². The summed E-state index contributed by atoms with van der Waals surface area (Å²) in [5.74, 6) is -0.0146. The van der Waals surface area contributed by atoms with Crippen LogP contribution in [0.15, 0.2) is 42.7 Å². The number of fused-ring (bicyclic) bond motifs is 1. The van der Waals surface area contributed by atoms with E-state index >= 15 is 0 Å². The molecule has 2 heterocycles. The zero-order valence-corrected chi connectivity index (χ0v) is 11.5. The van der Waals surface area contributed by atoms with E-state index < -0.39 is 0 Å². The number of hydrogen-bond donors (Lipinski definition) is 0. The number of aromatic nitrogens is 3. The Kier molecular flexibility index (Phi) is 3.06. The summed E-state index contributed by atoms with van der Waals surface area (Å²) in [5, 5.41) is 5.30. The maximum absolute atomic E-state index is 12.8. The standard InChI is InChI=1S/C16H15N3O/c1-3-14-13(10-19(2)18-14)16(20)12-8-4-6-11-7-5-9-17-15(11)12/h4-10H,3H2,1-2H3. The topological polar surface area (TPSA) is 47.8 Å². The molecule has 0 amide bonds. The van der Waals surface area contributed by atoms with Crippen LogP contribution in [-0.2, 0) is 13.5 Å². The van der Waals surface area contributed by atoms with Crippen LogP contribution < -0.4 is 0 Å². The van der Waals surface area contributed by atoms with Crippen molar-refractivity contribution in [3.05, 3.63) is 59.5 Å². The Morgan fingerprint density at radius 2 is 2.00 bits per heavy atom. The summed E-state index contributed by atoms with van der Waals surface area (Å²) in [6.07, 6.45) is 4.23. The predicted octanol–water partition coefficient (Wildman–Crippen LogP) is 2.76. The molecule has 3 rings (SSSR count). The highest BCUT2D eigenvalue weighted by molar-refractivity contribution is 6.15. The van der Waals surface area contributed by atoms with Crippen LogP contribution in [0.5, 0.6) is 0 Å². The van der Waals surface area contributed by atoms with Crippen LogP contribution in [0, 0.1) is 0 Å². The summed E-state index contributed by atoms with van der Waals surface area (Å²) < 4.78 is 1.69. The lowest BCUT2D eigenvalue weighted by Gasteiger charge is -2.04. The molecule has 100 valence electrons. The van der Waals surface area contributed by atoms with E-state index in [-0.39, 0.29) is 5.78 Å². The third kappa shape index (κ3) is 1.99. The van der Waals surface area contributed by atoms with Crippen molar-refractivity contribution in [3.63, 3.8) is 0 Å². The number of hydrogen-bond acceptors (Lipinski definition) is 3. The predicted molar refractivity (Wildman–Crippen MR) is 77.8 cm³/mol. The van der Waals surface area contributed by atoms with Crippen LogP contribution in [0.1, 0.15) is 28.5 Å². The number of nitrogens with zero attached hydrogens (tertiary/aromatic N) is 3. The molecule has 4 nitrogen and oxygen atoms in total. The van der Waals surface area contributed by atoms with E-state index in [1.165, 1.54) is 0 Å². The van der Waals surface area contributed by atoms with Crippen molar-refractivity contribution < 1.29 is 4.79 Å². The highest BCUT2D eigenvalue weighted by atomic mass is 16.1. The largest absolute Gasteiger partial charge is 0.288 e. The number of carbonyl (C=O) groups is 1. The van der Waals surface area contributed by atoms with Gasteiger partial charge in [-0.2, -0.15) is 5.10 Å². The lowest BCUT2D eigenvalue weighted by Crippen LogP contribution is -2.04. The maximum atomic E-state index is 12.8. The fourth-order valence-corrected chi connectivity index (χ4v) is 2.42. The Morgan fingerprint density at radius 1 is 1.20 bits per heavy atom. The van der Waals surface area contributed by atoms with Gasteiger partial charge in [0.25, 0.3) is 0 Å². The van der Waals surface area contributed by atoms with Crippen molar-refractivity contribution in [1.29, 1.82) is 0 Å². The van der Waals surface area contributed by atoms with Crippen molar-refractivity contribution in [2.24, 2.45) is 7.05 Å². The van der Waals surface area contributed by atoms with Gasteiger partial charge in [0.15, 0.2) is 5.78 Å². The highest BCUT2D eigenvalue weighted by Crippen LogP contribution is 2.21. The lowest BCUT2D eigenvalue weighted by atomic mass is 10.00. The van der Waals surface area contributed by atoms with Crippen molar-refractivity contribution >= 4 is 16.7 Å². The molecule has 0 aliphatic heterocycles. The van der Waals surface area contributed by atoms with Gasteiger partial charge in [0.05, 0.1) is 16.8 Å². The number of para-hydroxylation sites is 1. The smallest absolute Gasteiger partial charge is 0.198 e. The molecule has 0 spiro atoms. The lowest BCUT2D eigenvalue weighted by molar-refractivity contribution is 0.103. The molecule has 3 aromatic rings. The van der Waals surface area contributed by atoms with E-state index in [1.807, 2.05) is 44.3 Å². The number of rotatable bonds is 3. The monoisotopic (exact) mass is 265 g/mol. The molecule has 0 saturated heterocycles. The number of pyridine rings is 1. The molecule has 0 bridgehead atoms. The fraction of sp³-hybridized carbons (Fsp3) is 0.188. The third-order valence-electron chi connectivity index (χ3n) is 3.36. The molecular formula is C16H15N3O. The van der Waals surface area contributed by atoms with Crippen LogP contribution in [0.4, 0.5) is 0 Å². The summed E-state index contributed by atoms with van der Waals surface area (Å²) in [7, 11) is 1.83. The van der Waals surface area contributed by atoms with Gasteiger partial charge in [-0.1, -0.05) is 25.1 Å². The number of carbonyl (C=O) groups excluding carboxylic acids is 1. The molecule has 4 heteroatoms. The average Bonchev–Trinajstić information content (AvgIpc) is 2.87. The molecule has 0 N–H and O–H groups in total. The summed E-state index contributed by atoms with van der Waals surface area (Å²) in [6.45, 7) is 2.00. The first kappa shape index (κ1) is 12.5. The molecule has 20 heavy (non-hydrogen) atoms. The van der Waals surface area contributed by atoms with Gasteiger partial charge in [0.1, 0.15) is 0 Å². The molecule has 0 radical (unpaired) electrons. The minimum Gasteiger partial charge on any atom is -0.288 e. The minimum atomic E-state index is -0.0146. The molecule has 2 aromatic heterocycles. The highest BCUT2D eigenvalue weighted by Gasteiger charge is 2.18. The van der Waals surface area contributed by atoms with Gasteiger partial charge in [-0.15, -0.1) is 0 Å². The van der Waals surface area contributed by atoms with E-state index in [1.54, 1.807) is 17.1 Å². The normalized spacial score (nSPS) is 10.9. The second kappa shape index (κ2) is 4.89. The van der Waals surface area contributed by atoms with Gasteiger partial charge in [0, 0.05) is 30.4 Å². The van der Waals surface area contributed by atoms with Crippen LogP contribution >= 0.6 is 0 Å². The second-order valence-electron chi connectivity index (χ2n) is 4.73. The molecule has 0 fully saturated rings. The van der Waals surface area contributed by atoms with E-state index in [4.69, 9.17) is 0 Å². The van der Waals surface area contributed by atoms with E-state index in [0.717, 1.165) is 23.0 Å². The molecule has 1 aromatic carbocycles. The molecular weight excluding hydrogens is 250 g/mol. The first-order valence-electron chi connectivity index (χ1n) is 6.61. The van der Waals surface area contributed by atoms with Crippen LogP contribution in [0.3, 0.4) is 0 Å². The van der Waals surface area contributed by atoms with Crippen molar-refractivity contribution in [3.8, 4) is 0 Å². The van der Waals surface area contributed by atoms with Crippen LogP contribution in [-0.4, -0.2) is 20.5 Å².